The molecule has 1 atom stereocenters. The highest BCUT2D eigenvalue weighted by Gasteiger charge is 2.18. The summed E-state index contributed by atoms with van der Waals surface area (Å²) < 4.78 is 1.74. The van der Waals surface area contributed by atoms with Gasteiger partial charge in [-0.2, -0.15) is 5.10 Å². The zero-order valence-electron chi connectivity index (χ0n) is 9.19. The normalized spacial score (nSPS) is 12.7. The van der Waals surface area contributed by atoms with Crippen molar-refractivity contribution in [2.24, 2.45) is 12.9 Å². The van der Waals surface area contributed by atoms with Crippen molar-refractivity contribution >= 4 is 23.2 Å². The van der Waals surface area contributed by atoms with Crippen molar-refractivity contribution in [2.75, 3.05) is 0 Å². The molecule has 90 valence electrons. The van der Waals surface area contributed by atoms with Crippen LogP contribution in [0.1, 0.15) is 17.3 Å². The summed E-state index contributed by atoms with van der Waals surface area (Å²) in [5.74, 6) is 5.59. The maximum atomic E-state index is 6.16. The molecule has 0 saturated carbocycles. The van der Waals surface area contributed by atoms with Gasteiger partial charge in [-0.3, -0.25) is 10.5 Å². The number of hydrogen-bond donors (Lipinski definition) is 2. The minimum atomic E-state index is -0.242. The van der Waals surface area contributed by atoms with Crippen LogP contribution in [0.5, 0.6) is 0 Å². The topological polar surface area (TPSA) is 55.9 Å². The molecule has 1 heterocycles. The van der Waals surface area contributed by atoms with Crippen LogP contribution in [-0.2, 0) is 7.05 Å². The van der Waals surface area contributed by atoms with Crippen LogP contribution in [0, 0.1) is 0 Å². The first kappa shape index (κ1) is 12.4. The fourth-order valence-corrected chi connectivity index (χ4v) is 2.14. The molecular formula is C11H12Cl2N4. The lowest BCUT2D eigenvalue weighted by Gasteiger charge is -2.18. The number of hydrogen-bond acceptors (Lipinski definition) is 3. The minimum Gasteiger partial charge on any atom is -0.271 e. The summed E-state index contributed by atoms with van der Waals surface area (Å²) in [5.41, 5.74) is 4.46. The fourth-order valence-electron chi connectivity index (χ4n) is 1.74. The molecule has 6 heteroatoms. The Labute approximate surface area is 109 Å². The van der Waals surface area contributed by atoms with Crippen LogP contribution in [-0.4, -0.2) is 9.78 Å². The van der Waals surface area contributed by atoms with Crippen LogP contribution in [0.25, 0.3) is 0 Å². The molecule has 2 aromatic rings. The molecule has 1 unspecified atom stereocenters. The fraction of sp³-hybridized carbons (Fsp3) is 0.182. The van der Waals surface area contributed by atoms with E-state index in [1.54, 1.807) is 29.1 Å². The van der Waals surface area contributed by atoms with Gasteiger partial charge in [0.05, 0.1) is 11.7 Å². The smallest absolute Gasteiger partial charge is 0.0893 e. The molecule has 1 aromatic carbocycles. The lowest BCUT2D eigenvalue weighted by atomic mass is 10.0. The molecule has 0 fully saturated rings. The molecule has 2 rings (SSSR count). The van der Waals surface area contributed by atoms with Gasteiger partial charge < -0.3 is 0 Å². The van der Waals surface area contributed by atoms with Gasteiger partial charge in [0, 0.05) is 23.3 Å². The number of nitrogens with zero attached hydrogens (tertiary/aromatic N) is 2. The number of nitrogens with two attached hydrogens (primary N) is 1. The molecule has 0 spiro atoms. The Kier molecular flexibility index (Phi) is 3.69. The van der Waals surface area contributed by atoms with Gasteiger partial charge in [0.25, 0.3) is 0 Å². The van der Waals surface area contributed by atoms with Crippen molar-refractivity contribution in [3.63, 3.8) is 0 Å². The lowest BCUT2D eigenvalue weighted by molar-refractivity contribution is 0.575. The number of aromatic nitrogens is 2. The van der Waals surface area contributed by atoms with Crippen molar-refractivity contribution in [3.05, 3.63) is 51.8 Å². The summed E-state index contributed by atoms with van der Waals surface area (Å²) in [6.07, 6.45) is 1.71. The van der Waals surface area contributed by atoms with E-state index in [2.05, 4.69) is 10.5 Å². The van der Waals surface area contributed by atoms with Crippen molar-refractivity contribution in [1.82, 2.24) is 15.2 Å². The van der Waals surface area contributed by atoms with Gasteiger partial charge in [-0.1, -0.05) is 23.2 Å². The van der Waals surface area contributed by atoms with E-state index in [0.717, 1.165) is 11.3 Å². The zero-order valence-corrected chi connectivity index (χ0v) is 10.7. The molecule has 0 aliphatic heterocycles. The third kappa shape index (κ3) is 2.45. The van der Waals surface area contributed by atoms with E-state index < -0.39 is 0 Å². The predicted octanol–water partition coefficient (Wildman–Crippen LogP) is 2.28. The minimum absolute atomic E-state index is 0.242. The molecule has 0 bridgehead atoms. The summed E-state index contributed by atoms with van der Waals surface area (Å²) in [6, 6.07) is 6.92. The molecule has 17 heavy (non-hydrogen) atoms. The van der Waals surface area contributed by atoms with Crippen LogP contribution < -0.4 is 11.3 Å². The Morgan fingerprint density at radius 3 is 2.71 bits per heavy atom. The van der Waals surface area contributed by atoms with E-state index in [0.29, 0.717) is 10.0 Å². The van der Waals surface area contributed by atoms with Crippen LogP contribution in [0.2, 0.25) is 10.0 Å². The molecule has 0 aliphatic rings. The van der Waals surface area contributed by atoms with Crippen LogP contribution in [0.4, 0.5) is 0 Å². The summed E-state index contributed by atoms with van der Waals surface area (Å²) in [5, 5.41) is 5.34. The number of hydrazine groups is 1. The molecule has 0 aliphatic carbocycles. The average Bonchev–Trinajstić information content (AvgIpc) is 2.71. The van der Waals surface area contributed by atoms with Gasteiger partial charge in [0.2, 0.25) is 0 Å². The third-order valence-corrected chi connectivity index (χ3v) is 3.17. The van der Waals surface area contributed by atoms with Gasteiger partial charge in [-0.25, -0.2) is 5.43 Å². The van der Waals surface area contributed by atoms with Gasteiger partial charge in [0.15, 0.2) is 0 Å². The summed E-state index contributed by atoms with van der Waals surface area (Å²) in [6.45, 7) is 0. The molecule has 0 amide bonds. The quantitative estimate of drug-likeness (QED) is 0.665. The Morgan fingerprint density at radius 2 is 2.12 bits per heavy atom. The molecule has 1 aromatic heterocycles. The van der Waals surface area contributed by atoms with E-state index >= 15 is 0 Å². The number of rotatable bonds is 3. The largest absolute Gasteiger partial charge is 0.271 e. The van der Waals surface area contributed by atoms with Gasteiger partial charge in [0.1, 0.15) is 0 Å². The third-order valence-electron chi connectivity index (χ3n) is 2.59. The number of halogens is 2. The van der Waals surface area contributed by atoms with Gasteiger partial charge in [-0.05, 0) is 29.8 Å². The van der Waals surface area contributed by atoms with Crippen molar-refractivity contribution in [3.8, 4) is 0 Å². The first-order valence-corrected chi connectivity index (χ1v) is 5.78. The summed E-state index contributed by atoms with van der Waals surface area (Å²) in [4.78, 5) is 0. The standard InChI is InChI=1S/C11H12Cl2N4/c1-17-10(4-5-15-17)11(16-14)8-6-7(12)2-3-9(8)13/h2-6,11,16H,14H2,1H3. The second kappa shape index (κ2) is 5.06. The van der Waals surface area contributed by atoms with Crippen molar-refractivity contribution < 1.29 is 0 Å². The molecule has 0 saturated heterocycles. The van der Waals surface area contributed by atoms with Crippen molar-refractivity contribution in [1.29, 1.82) is 0 Å². The average molecular weight is 271 g/mol. The number of aryl methyl sites for hydroxylation is 1. The van der Waals surface area contributed by atoms with Crippen LogP contribution in [0.3, 0.4) is 0 Å². The highest BCUT2D eigenvalue weighted by molar-refractivity contribution is 6.33. The molecule has 0 radical (unpaired) electrons. The maximum absolute atomic E-state index is 6.16. The van der Waals surface area contributed by atoms with Crippen LogP contribution >= 0.6 is 23.2 Å². The summed E-state index contributed by atoms with van der Waals surface area (Å²) >= 11 is 12.1. The highest BCUT2D eigenvalue weighted by atomic mass is 35.5. The second-order valence-corrected chi connectivity index (χ2v) is 4.49. The Bertz CT molecular complexity index is 524. The van der Waals surface area contributed by atoms with E-state index in [1.807, 2.05) is 13.1 Å². The van der Waals surface area contributed by atoms with E-state index in [-0.39, 0.29) is 6.04 Å². The number of benzene rings is 1. The SMILES string of the molecule is Cn1nccc1C(NN)c1cc(Cl)ccc1Cl. The van der Waals surface area contributed by atoms with Crippen LogP contribution in [0.15, 0.2) is 30.5 Å². The Hall–Kier alpha value is -1.07. The summed E-state index contributed by atoms with van der Waals surface area (Å²) in [7, 11) is 1.85. The predicted molar refractivity (Wildman–Crippen MR) is 68.8 cm³/mol. The zero-order chi connectivity index (χ0) is 12.4. The highest BCUT2D eigenvalue weighted by Crippen LogP contribution is 2.29. The van der Waals surface area contributed by atoms with E-state index in [4.69, 9.17) is 29.0 Å². The van der Waals surface area contributed by atoms with E-state index in [9.17, 15) is 0 Å². The maximum Gasteiger partial charge on any atom is 0.0893 e. The lowest BCUT2D eigenvalue weighted by Crippen LogP contribution is -2.30. The molecule has 3 N–H and O–H groups in total. The first-order chi connectivity index (χ1) is 8.13. The number of nitrogens with one attached hydrogen (secondary N) is 1. The first-order valence-electron chi connectivity index (χ1n) is 5.02. The Balaban J connectivity index is 2.49. The monoisotopic (exact) mass is 270 g/mol. The van der Waals surface area contributed by atoms with Gasteiger partial charge in [-0.15, -0.1) is 0 Å². The van der Waals surface area contributed by atoms with E-state index in [1.165, 1.54) is 0 Å². The van der Waals surface area contributed by atoms with Gasteiger partial charge >= 0.3 is 0 Å². The van der Waals surface area contributed by atoms with Crippen molar-refractivity contribution in [2.45, 2.75) is 6.04 Å². The molecule has 4 nitrogen and oxygen atoms in total. The molecular weight excluding hydrogens is 259 g/mol. The second-order valence-electron chi connectivity index (χ2n) is 3.65. The Morgan fingerprint density at radius 1 is 1.35 bits per heavy atom.